The molecule has 0 atom stereocenters. The van der Waals surface area contributed by atoms with Crippen molar-refractivity contribution in [3.8, 4) is 17.2 Å². The number of benzene rings is 5. The molecule has 24 heteroatoms. The van der Waals surface area contributed by atoms with Crippen LogP contribution in [-0.4, -0.2) is 57.4 Å². The lowest BCUT2D eigenvalue weighted by atomic mass is 10.1. The molecule has 67 heavy (non-hydrogen) atoms. The summed E-state index contributed by atoms with van der Waals surface area (Å²) in [6.07, 6.45) is -7.60. The quantitative estimate of drug-likeness (QED) is 0.0909. The minimum absolute atomic E-state index is 0.0235. The minimum atomic E-state index is -4.45. The molecule has 0 aliphatic carbocycles. The van der Waals surface area contributed by atoms with Crippen LogP contribution in [0.25, 0.3) is 20.4 Å². The fourth-order valence-electron chi connectivity index (χ4n) is 5.78. The highest BCUT2D eigenvalue weighted by Gasteiger charge is 2.32. The highest BCUT2D eigenvalue weighted by atomic mass is 79.9. The summed E-state index contributed by atoms with van der Waals surface area (Å²) in [5.74, 6) is -2.26. The summed E-state index contributed by atoms with van der Waals surface area (Å²) in [7, 11) is 2.86. The molecule has 2 heterocycles. The lowest BCUT2D eigenvalue weighted by Crippen LogP contribution is -2.12. The van der Waals surface area contributed by atoms with Crippen LogP contribution in [0.4, 0.5) is 36.6 Å². The number of phenolic OH excluding ortho intramolecular Hbond substituents is 1. The second-order valence-corrected chi connectivity index (χ2v) is 17.5. The number of halogens is 10. The number of fused-ring (bicyclic) bond motifs is 2. The number of aromatic hydroxyl groups is 1. The molecule has 0 spiro atoms. The third-order valence-corrected chi connectivity index (χ3v) is 11.9. The standard InChI is InChI=1S/C17H12ClF3N2O2S.C10H11ClO3.C8H6BrClO3.C8H5F3N2S/c1-2-8-5-10(18)7-11(14(8)24)15(25)23-16-22-12-4-3-9(17(19,20)21)6-13(12)26-16;1-3-6-4-7(11)5-8(10(12)13)9(6)14-2;1-13-7-5(8(11)12)2-4(10)3-6(7)9;9-8(10,11)4-1-2-5-6(3-4)14-7(12)13-5/h3-7,24H,2H2,1H3,(H,22,23,25);4-5H,3H2,1-2H3,(H,12,13);2-3H,1H3,(H,11,12);1-3H,(H2,12,13). The van der Waals surface area contributed by atoms with E-state index < -0.39 is 41.3 Å². The number of rotatable bonds is 8. The smallest absolute Gasteiger partial charge is 0.416 e. The van der Waals surface area contributed by atoms with Gasteiger partial charge in [-0.05, 0) is 113 Å². The van der Waals surface area contributed by atoms with E-state index in [1.807, 2.05) is 6.92 Å². The zero-order valence-corrected chi connectivity index (χ0v) is 40.3. The van der Waals surface area contributed by atoms with Crippen LogP contribution in [0.15, 0.2) is 77.3 Å². The zero-order chi connectivity index (χ0) is 50.1. The van der Waals surface area contributed by atoms with E-state index in [0.717, 1.165) is 52.5 Å². The molecule has 0 saturated carbocycles. The highest BCUT2D eigenvalue weighted by Crippen LogP contribution is 2.37. The molecule has 0 fully saturated rings. The molecule has 0 aliphatic heterocycles. The summed E-state index contributed by atoms with van der Waals surface area (Å²) >= 11 is 22.5. The Bertz CT molecular complexity index is 2950. The Balaban J connectivity index is 0.000000206. The molecular weight excluding hydrogens is 1060 g/mol. The van der Waals surface area contributed by atoms with Gasteiger partial charge in [0.15, 0.2) is 10.3 Å². The molecule has 0 radical (unpaired) electrons. The molecule has 0 saturated heterocycles. The number of hydrogen-bond acceptors (Lipinski definition) is 11. The first kappa shape index (κ1) is 54.0. The number of phenols is 1. The van der Waals surface area contributed by atoms with Crippen molar-refractivity contribution in [2.24, 2.45) is 0 Å². The number of anilines is 2. The number of alkyl halides is 6. The van der Waals surface area contributed by atoms with Crippen LogP contribution < -0.4 is 20.5 Å². The van der Waals surface area contributed by atoms with Crippen LogP contribution in [0.5, 0.6) is 17.2 Å². The Morgan fingerprint density at radius 1 is 0.687 bits per heavy atom. The molecule has 0 unspecified atom stereocenters. The van der Waals surface area contributed by atoms with Crippen molar-refractivity contribution in [1.29, 1.82) is 0 Å². The second kappa shape index (κ2) is 22.9. The van der Waals surface area contributed by atoms with Crippen molar-refractivity contribution in [2.45, 2.75) is 39.0 Å². The zero-order valence-electron chi connectivity index (χ0n) is 34.8. The fraction of sp³-hybridized carbons (Fsp3) is 0.186. The Kier molecular flexibility index (Phi) is 18.5. The van der Waals surface area contributed by atoms with Crippen molar-refractivity contribution in [1.82, 2.24) is 9.97 Å². The van der Waals surface area contributed by atoms with Gasteiger partial charge in [0.25, 0.3) is 5.91 Å². The molecule has 356 valence electrons. The van der Waals surface area contributed by atoms with Gasteiger partial charge >= 0.3 is 24.3 Å². The van der Waals surface area contributed by atoms with Gasteiger partial charge in [-0.15, -0.1) is 0 Å². The van der Waals surface area contributed by atoms with Crippen molar-refractivity contribution in [3.05, 3.63) is 131 Å². The van der Waals surface area contributed by atoms with Gasteiger partial charge in [0.05, 0.1) is 55.8 Å². The van der Waals surface area contributed by atoms with Crippen molar-refractivity contribution < 1.29 is 65.5 Å². The highest BCUT2D eigenvalue weighted by molar-refractivity contribution is 9.10. The predicted molar refractivity (Wildman–Crippen MR) is 251 cm³/mol. The topological polar surface area (TPSA) is 194 Å². The SMILES string of the molecule is CCc1cc(Cl)cc(C(=O)Nc2nc3ccc(C(F)(F)F)cc3s2)c1O.CCc1cc(Cl)cc(C(=O)O)c1OC.COc1c(Br)cc(Cl)cc1C(=O)O.Nc1nc2ccc(C(F)(F)F)cc2s1. The van der Waals surface area contributed by atoms with E-state index >= 15 is 0 Å². The van der Waals surface area contributed by atoms with E-state index in [-0.39, 0.29) is 38.5 Å². The van der Waals surface area contributed by atoms with Crippen molar-refractivity contribution in [2.75, 3.05) is 25.3 Å². The normalized spacial score (nSPS) is 11.1. The van der Waals surface area contributed by atoms with E-state index in [1.54, 1.807) is 25.1 Å². The van der Waals surface area contributed by atoms with Crippen LogP contribution in [0.3, 0.4) is 0 Å². The number of aromatic nitrogens is 2. The first-order valence-corrected chi connectivity index (χ1v) is 22.3. The number of aryl methyl sites for hydroxylation is 2. The molecule has 0 aliphatic rings. The number of hydrogen-bond donors (Lipinski definition) is 5. The first-order chi connectivity index (χ1) is 31.3. The lowest BCUT2D eigenvalue weighted by Gasteiger charge is -2.10. The number of aromatic carboxylic acids is 2. The Morgan fingerprint density at radius 3 is 1.61 bits per heavy atom. The maximum atomic E-state index is 12.8. The van der Waals surface area contributed by atoms with Gasteiger partial charge < -0.3 is 30.5 Å². The number of nitrogens with zero attached hydrogens (tertiary/aromatic N) is 2. The number of carbonyl (C=O) groups excluding carboxylic acids is 1. The molecule has 5 aromatic carbocycles. The number of methoxy groups -OCH3 is 2. The van der Waals surface area contributed by atoms with Crippen LogP contribution in [0.1, 0.15) is 67.2 Å². The fourth-order valence-corrected chi connectivity index (χ4v) is 8.90. The number of carboxylic acids is 2. The van der Waals surface area contributed by atoms with Gasteiger partial charge in [0.2, 0.25) is 0 Å². The molecule has 0 bridgehead atoms. The second-order valence-electron chi connectivity index (χ2n) is 13.3. The number of carboxylic acid groups (broad SMARTS) is 2. The summed E-state index contributed by atoms with van der Waals surface area (Å²) in [5.41, 5.74) is 6.20. The summed E-state index contributed by atoms with van der Waals surface area (Å²) in [4.78, 5) is 42.0. The third-order valence-electron chi connectivity index (χ3n) is 8.84. The van der Waals surface area contributed by atoms with E-state index in [4.69, 9.17) is 60.2 Å². The summed E-state index contributed by atoms with van der Waals surface area (Å²) < 4.78 is 86.4. The average Bonchev–Trinajstić information content (AvgIpc) is 3.84. The van der Waals surface area contributed by atoms with E-state index in [2.05, 4.69) is 31.2 Å². The van der Waals surface area contributed by atoms with Gasteiger partial charge in [-0.25, -0.2) is 19.6 Å². The molecule has 6 N–H and O–H groups in total. The number of thiazole rings is 2. The molecular formula is C43H34BrCl3F6N4O8S2. The van der Waals surface area contributed by atoms with Crippen LogP contribution in [0.2, 0.25) is 15.1 Å². The maximum Gasteiger partial charge on any atom is 0.416 e. The first-order valence-electron chi connectivity index (χ1n) is 18.7. The molecule has 1 amide bonds. The monoisotopic (exact) mass is 1100 g/mol. The van der Waals surface area contributed by atoms with E-state index in [1.165, 1.54) is 44.6 Å². The van der Waals surface area contributed by atoms with Gasteiger partial charge in [0, 0.05) is 15.1 Å². The van der Waals surface area contributed by atoms with Crippen molar-refractivity contribution >= 4 is 122 Å². The van der Waals surface area contributed by atoms with Crippen molar-refractivity contribution in [3.63, 3.8) is 0 Å². The van der Waals surface area contributed by atoms with Gasteiger partial charge in [-0.3, -0.25) is 10.1 Å². The molecule has 2 aromatic heterocycles. The number of carbonyl (C=O) groups is 3. The number of amides is 1. The number of nitrogens with one attached hydrogen (secondary N) is 1. The predicted octanol–water partition coefficient (Wildman–Crippen LogP) is 13.8. The van der Waals surface area contributed by atoms with E-state index in [0.29, 0.717) is 64.1 Å². The van der Waals surface area contributed by atoms with E-state index in [9.17, 15) is 45.8 Å². The van der Waals surface area contributed by atoms with Gasteiger partial charge in [-0.1, -0.05) is 71.3 Å². The Labute approximate surface area is 408 Å². The van der Waals surface area contributed by atoms with Gasteiger partial charge in [-0.2, -0.15) is 26.3 Å². The average molecular weight is 1100 g/mol. The summed E-state index contributed by atoms with van der Waals surface area (Å²) in [6.45, 7) is 3.72. The Hall–Kier alpha value is -5.58. The summed E-state index contributed by atoms with van der Waals surface area (Å²) in [6, 6.07) is 15.4. The third kappa shape index (κ3) is 14.2. The number of nitrogen functional groups attached to an aromatic ring is 1. The van der Waals surface area contributed by atoms with Gasteiger partial charge in [0.1, 0.15) is 28.4 Å². The van der Waals surface area contributed by atoms with Crippen LogP contribution >= 0.6 is 73.4 Å². The minimum Gasteiger partial charge on any atom is -0.507 e. The lowest BCUT2D eigenvalue weighted by molar-refractivity contribution is -0.138. The molecule has 7 rings (SSSR count). The molecule has 12 nitrogen and oxygen atoms in total. The van der Waals surface area contributed by atoms with Crippen LogP contribution in [-0.2, 0) is 25.2 Å². The van der Waals surface area contributed by atoms with Crippen LogP contribution in [0, 0.1) is 0 Å². The summed E-state index contributed by atoms with van der Waals surface area (Å²) in [5, 5.41) is 31.8. The largest absolute Gasteiger partial charge is 0.507 e. The Morgan fingerprint density at radius 2 is 1.13 bits per heavy atom. The molecule has 7 aromatic rings. The number of nitrogens with two attached hydrogens (primary N) is 1. The maximum absolute atomic E-state index is 12.8. The number of ether oxygens (including phenoxy) is 2.